The summed E-state index contributed by atoms with van der Waals surface area (Å²) < 4.78 is 39.5. The molecule has 19 heavy (non-hydrogen) atoms. The van der Waals surface area contributed by atoms with Crippen molar-refractivity contribution in [2.24, 2.45) is 5.92 Å². The monoisotopic (exact) mass is 271 g/mol. The van der Waals surface area contributed by atoms with E-state index in [9.17, 15) is 13.2 Å². The number of nitrogens with one attached hydrogen (secondary N) is 1. The van der Waals surface area contributed by atoms with Gasteiger partial charge in [-0.05, 0) is 25.2 Å². The molecule has 0 saturated heterocycles. The summed E-state index contributed by atoms with van der Waals surface area (Å²) in [6, 6.07) is 1.66. The van der Waals surface area contributed by atoms with Crippen LogP contribution < -0.4 is 5.32 Å². The van der Waals surface area contributed by atoms with Gasteiger partial charge < -0.3 is 5.32 Å². The van der Waals surface area contributed by atoms with Crippen LogP contribution in [0, 0.1) is 23.4 Å². The predicted octanol–water partition coefficient (Wildman–Crippen LogP) is 4.87. The highest BCUT2D eigenvalue weighted by Gasteiger charge is 2.19. The van der Waals surface area contributed by atoms with Crippen molar-refractivity contribution in [3.05, 3.63) is 29.6 Å². The summed E-state index contributed by atoms with van der Waals surface area (Å²) in [6.45, 7) is 2.19. The normalized spacial score (nSPS) is 24.0. The minimum absolute atomic E-state index is 0.0684. The van der Waals surface area contributed by atoms with E-state index >= 15 is 0 Å². The van der Waals surface area contributed by atoms with Crippen LogP contribution in [0.4, 0.5) is 18.9 Å². The number of rotatable bonds is 3. The minimum Gasteiger partial charge on any atom is -0.380 e. The number of hydrogen-bond donors (Lipinski definition) is 1. The van der Waals surface area contributed by atoms with E-state index in [0.29, 0.717) is 6.07 Å². The fraction of sp³-hybridized carbons (Fsp3) is 0.600. The summed E-state index contributed by atoms with van der Waals surface area (Å²) in [7, 11) is 0. The maximum Gasteiger partial charge on any atom is 0.161 e. The molecule has 1 N–H and O–H groups in total. The highest BCUT2D eigenvalue weighted by atomic mass is 19.2. The summed E-state index contributed by atoms with van der Waals surface area (Å²) in [4.78, 5) is 0. The first-order chi connectivity index (χ1) is 9.10. The lowest BCUT2D eigenvalue weighted by Gasteiger charge is -2.18. The van der Waals surface area contributed by atoms with Crippen LogP contribution in [0.1, 0.15) is 45.4 Å². The van der Waals surface area contributed by atoms with Gasteiger partial charge in [-0.25, -0.2) is 13.2 Å². The van der Waals surface area contributed by atoms with Crippen LogP contribution in [0.2, 0.25) is 0 Å². The zero-order chi connectivity index (χ0) is 13.8. The van der Waals surface area contributed by atoms with Crippen LogP contribution >= 0.6 is 0 Å². The lowest BCUT2D eigenvalue weighted by atomic mass is 9.98. The van der Waals surface area contributed by atoms with E-state index in [1.165, 1.54) is 12.8 Å². The van der Waals surface area contributed by atoms with Gasteiger partial charge in [0.2, 0.25) is 0 Å². The second-order valence-electron chi connectivity index (χ2n) is 5.37. The number of halogens is 3. The van der Waals surface area contributed by atoms with Crippen molar-refractivity contribution in [2.45, 2.75) is 51.5 Å². The zero-order valence-corrected chi connectivity index (χ0v) is 11.2. The van der Waals surface area contributed by atoms with Crippen molar-refractivity contribution in [3.8, 4) is 0 Å². The molecular weight excluding hydrogens is 251 g/mol. The van der Waals surface area contributed by atoms with Crippen LogP contribution in [-0.4, -0.2) is 6.04 Å². The topological polar surface area (TPSA) is 12.0 Å². The van der Waals surface area contributed by atoms with Gasteiger partial charge in [0.1, 0.15) is 5.82 Å². The van der Waals surface area contributed by atoms with Crippen molar-refractivity contribution < 1.29 is 13.2 Å². The zero-order valence-electron chi connectivity index (χ0n) is 11.2. The molecule has 1 aromatic carbocycles. The van der Waals surface area contributed by atoms with Gasteiger partial charge in [0.25, 0.3) is 0 Å². The average molecular weight is 271 g/mol. The average Bonchev–Trinajstić information content (AvgIpc) is 2.61. The third-order valence-corrected chi connectivity index (χ3v) is 4.04. The molecule has 2 unspecified atom stereocenters. The van der Waals surface area contributed by atoms with Crippen molar-refractivity contribution in [2.75, 3.05) is 5.32 Å². The van der Waals surface area contributed by atoms with Crippen LogP contribution in [0.25, 0.3) is 0 Å². The van der Waals surface area contributed by atoms with E-state index in [2.05, 4.69) is 12.2 Å². The molecule has 0 spiro atoms. The second kappa shape index (κ2) is 6.31. The Morgan fingerprint density at radius 2 is 1.74 bits per heavy atom. The molecule has 0 amide bonds. The minimum atomic E-state index is -1.14. The van der Waals surface area contributed by atoms with E-state index in [1.54, 1.807) is 0 Å². The van der Waals surface area contributed by atoms with Gasteiger partial charge in [0, 0.05) is 18.2 Å². The van der Waals surface area contributed by atoms with Gasteiger partial charge in [0.15, 0.2) is 11.6 Å². The Morgan fingerprint density at radius 1 is 1.00 bits per heavy atom. The maximum absolute atomic E-state index is 13.6. The van der Waals surface area contributed by atoms with E-state index in [4.69, 9.17) is 0 Å². The van der Waals surface area contributed by atoms with Gasteiger partial charge in [-0.2, -0.15) is 0 Å². The van der Waals surface area contributed by atoms with E-state index in [1.807, 2.05) is 0 Å². The fourth-order valence-electron chi connectivity index (χ4n) is 2.78. The Balaban J connectivity index is 2.03. The standard InChI is InChI=1S/C15H20F3N/c1-2-10-4-3-5-11(7-6-10)19-15-9-13(17)12(16)8-14(15)18/h8-11,19H,2-7H2,1H3. The van der Waals surface area contributed by atoms with E-state index in [0.717, 1.165) is 37.7 Å². The van der Waals surface area contributed by atoms with Gasteiger partial charge in [-0.1, -0.05) is 26.2 Å². The molecule has 1 aliphatic carbocycles. The van der Waals surface area contributed by atoms with Gasteiger partial charge >= 0.3 is 0 Å². The van der Waals surface area contributed by atoms with E-state index < -0.39 is 17.5 Å². The Bertz CT molecular complexity index is 434. The Hall–Kier alpha value is -1.19. The van der Waals surface area contributed by atoms with Crippen LogP contribution in [0.3, 0.4) is 0 Å². The molecule has 4 heteroatoms. The summed E-state index contributed by atoms with van der Waals surface area (Å²) in [5, 5.41) is 3.02. The molecule has 0 aromatic heterocycles. The Kier molecular flexibility index (Phi) is 4.72. The highest BCUT2D eigenvalue weighted by Crippen LogP contribution is 2.28. The SMILES string of the molecule is CCC1CCCC(Nc2cc(F)c(F)cc2F)CC1. The Morgan fingerprint density at radius 3 is 2.47 bits per heavy atom. The number of anilines is 1. The third kappa shape index (κ3) is 3.64. The highest BCUT2D eigenvalue weighted by molar-refractivity contribution is 5.46. The molecule has 0 aliphatic heterocycles. The van der Waals surface area contributed by atoms with Crippen LogP contribution in [-0.2, 0) is 0 Å². The maximum atomic E-state index is 13.6. The van der Waals surface area contributed by atoms with Gasteiger partial charge in [0.05, 0.1) is 5.69 Å². The molecule has 1 saturated carbocycles. The predicted molar refractivity (Wildman–Crippen MR) is 70.6 cm³/mol. The molecule has 1 aromatic rings. The van der Waals surface area contributed by atoms with Crippen molar-refractivity contribution in [1.29, 1.82) is 0 Å². The first-order valence-corrected chi connectivity index (χ1v) is 7.01. The molecule has 1 aliphatic rings. The Labute approximate surface area is 112 Å². The quantitative estimate of drug-likeness (QED) is 0.610. The van der Waals surface area contributed by atoms with Gasteiger partial charge in [-0.3, -0.25) is 0 Å². The fourth-order valence-corrected chi connectivity index (χ4v) is 2.78. The van der Waals surface area contributed by atoms with Crippen molar-refractivity contribution in [1.82, 2.24) is 0 Å². The molecular formula is C15H20F3N. The molecule has 0 radical (unpaired) electrons. The summed E-state index contributed by atoms with van der Waals surface area (Å²) >= 11 is 0. The molecule has 0 bridgehead atoms. The summed E-state index contributed by atoms with van der Waals surface area (Å²) in [5.41, 5.74) is 0.0684. The van der Waals surface area contributed by atoms with Crippen molar-refractivity contribution in [3.63, 3.8) is 0 Å². The smallest absolute Gasteiger partial charge is 0.161 e. The van der Waals surface area contributed by atoms with E-state index in [-0.39, 0.29) is 11.7 Å². The van der Waals surface area contributed by atoms with Crippen molar-refractivity contribution >= 4 is 5.69 Å². The molecule has 1 fully saturated rings. The second-order valence-corrected chi connectivity index (χ2v) is 5.37. The lowest BCUT2D eigenvalue weighted by molar-refractivity contribution is 0.444. The molecule has 2 rings (SSSR count). The van der Waals surface area contributed by atoms with Crippen LogP contribution in [0.15, 0.2) is 12.1 Å². The first kappa shape index (κ1) is 14.2. The molecule has 0 heterocycles. The summed E-state index contributed by atoms with van der Waals surface area (Å²) in [6.07, 6.45) is 6.49. The summed E-state index contributed by atoms with van der Waals surface area (Å²) in [5.74, 6) is -2.14. The first-order valence-electron chi connectivity index (χ1n) is 7.01. The number of hydrogen-bond acceptors (Lipinski definition) is 1. The molecule has 1 nitrogen and oxygen atoms in total. The van der Waals surface area contributed by atoms with Crippen LogP contribution in [0.5, 0.6) is 0 Å². The third-order valence-electron chi connectivity index (χ3n) is 4.04. The lowest BCUT2D eigenvalue weighted by Crippen LogP contribution is -2.19. The largest absolute Gasteiger partial charge is 0.380 e. The van der Waals surface area contributed by atoms with Gasteiger partial charge in [-0.15, -0.1) is 0 Å². The number of benzene rings is 1. The molecule has 106 valence electrons. The molecule has 2 atom stereocenters.